The maximum absolute atomic E-state index is 5.58. The van der Waals surface area contributed by atoms with Crippen LogP contribution in [0.5, 0.6) is 0 Å². The minimum Gasteiger partial charge on any atom is -0.362 e. The van der Waals surface area contributed by atoms with E-state index < -0.39 is 0 Å². The fraction of sp³-hybridized carbons (Fsp3) is 0.783. The highest BCUT2D eigenvalue weighted by Crippen LogP contribution is 2.29. The smallest absolute Gasteiger partial charge is 0.225 e. The molecule has 0 amide bonds. The van der Waals surface area contributed by atoms with Crippen LogP contribution in [0.25, 0.3) is 0 Å². The van der Waals surface area contributed by atoms with Crippen molar-refractivity contribution in [1.29, 1.82) is 0 Å². The Morgan fingerprint density at radius 1 is 0.800 bits per heavy atom. The lowest BCUT2D eigenvalue weighted by atomic mass is 9.91. The highest BCUT2D eigenvalue weighted by molar-refractivity contribution is 7.80. The Morgan fingerprint density at radius 2 is 1.43 bits per heavy atom. The van der Waals surface area contributed by atoms with Crippen LogP contribution in [0.4, 0.5) is 11.8 Å². The minimum absolute atomic E-state index is 0.444. The Balaban J connectivity index is 1.27. The molecule has 0 saturated heterocycles. The normalized spacial score (nSPS) is 24.6. The van der Waals surface area contributed by atoms with Crippen LogP contribution in [-0.2, 0) is 12.8 Å². The molecule has 3 N–H and O–H groups in total. The number of nitrogens with zero attached hydrogens (tertiary/aromatic N) is 3. The van der Waals surface area contributed by atoms with Crippen molar-refractivity contribution in [3.63, 3.8) is 0 Å². The highest BCUT2D eigenvalue weighted by atomic mass is 32.1. The van der Waals surface area contributed by atoms with Gasteiger partial charge in [0.15, 0.2) is 5.11 Å². The number of rotatable bonds is 5. The number of anilines is 2. The second-order valence-electron chi connectivity index (χ2n) is 9.54. The number of aromatic nitrogens is 2. The van der Waals surface area contributed by atoms with Crippen LogP contribution in [0.1, 0.15) is 81.9 Å². The minimum atomic E-state index is 0.444. The molecule has 3 aliphatic rings. The monoisotopic (exact) mass is 430 g/mol. The lowest BCUT2D eigenvalue weighted by molar-refractivity contribution is 0.376. The molecule has 0 radical (unpaired) electrons. The Labute approximate surface area is 187 Å². The zero-order valence-electron chi connectivity index (χ0n) is 18.7. The summed E-state index contributed by atoms with van der Waals surface area (Å²) in [6.45, 7) is 0. The van der Waals surface area contributed by atoms with E-state index in [-0.39, 0.29) is 0 Å². The molecule has 1 aromatic heterocycles. The van der Waals surface area contributed by atoms with Gasteiger partial charge in [0.05, 0.1) is 5.69 Å². The van der Waals surface area contributed by atoms with E-state index >= 15 is 0 Å². The summed E-state index contributed by atoms with van der Waals surface area (Å²) in [5.74, 6) is 1.90. The number of nitrogens with one attached hydrogen (secondary N) is 3. The standard InChI is InChI=1S/C23H38N6S/c1-29(2)21-19-10-6-7-11-20(19)27-22(28-21)24-17-12-14-18(15-13-17)26-23(30)25-16-8-4-3-5-9-16/h16-18H,3-15H2,1-2H3,(H,24,27,28)(H2,25,26,30)/t17-,18+. The van der Waals surface area contributed by atoms with Gasteiger partial charge >= 0.3 is 0 Å². The van der Waals surface area contributed by atoms with E-state index in [1.807, 2.05) is 0 Å². The zero-order valence-corrected chi connectivity index (χ0v) is 19.5. The molecule has 0 unspecified atom stereocenters. The van der Waals surface area contributed by atoms with Crippen LogP contribution >= 0.6 is 12.2 Å². The Bertz CT molecular complexity index is 723. The molecule has 0 aromatic carbocycles. The molecule has 166 valence electrons. The van der Waals surface area contributed by atoms with Gasteiger partial charge in [-0.1, -0.05) is 19.3 Å². The molecule has 1 heterocycles. The van der Waals surface area contributed by atoms with Crippen LogP contribution < -0.4 is 20.9 Å². The molecule has 0 spiro atoms. The first-order chi connectivity index (χ1) is 14.6. The Hall–Kier alpha value is -1.63. The topological polar surface area (TPSA) is 65.1 Å². The van der Waals surface area contributed by atoms with E-state index in [4.69, 9.17) is 22.2 Å². The summed E-state index contributed by atoms with van der Waals surface area (Å²) < 4.78 is 0. The van der Waals surface area contributed by atoms with E-state index in [1.54, 1.807) is 0 Å². The lowest BCUT2D eigenvalue weighted by Crippen LogP contribution is -2.48. The molecule has 7 heteroatoms. The molecule has 1 aromatic rings. The summed E-state index contributed by atoms with van der Waals surface area (Å²) in [6.07, 6.45) is 15.7. The molecule has 2 fully saturated rings. The van der Waals surface area contributed by atoms with Gasteiger partial charge in [-0.15, -0.1) is 0 Å². The first kappa shape index (κ1) is 21.6. The van der Waals surface area contributed by atoms with Gasteiger partial charge in [0.1, 0.15) is 5.82 Å². The SMILES string of the molecule is CN(C)c1nc(N[C@H]2CC[C@@H](NC(=S)NC3CCCCC3)CC2)nc2c1CCCC2. The van der Waals surface area contributed by atoms with Gasteiger partial charge < -0.3 is 20.9 Å². The maximum atomic E-state index is 5.58. The molecule has 0 aliphatic heterocycles. The fourth-order valence-electron chi connectivity index (χ4n) is 5.23. The summed E-state index contributed by atoms with van der Waals surface area (Å²) in [6, 6.07) is 1.50. The zero-order chi connectivity index (χ0) is 20.9. The summed E-state index contributed by atoms with van der Waals surface area (Å²) in [5, 5.41) is 11.6. The van der Waals surface area contributed by atoms with Crippen molar-refractivity contribution in [2.75, 3.05) is 24.3 Å². The van der Waals surface area contributed by atoms with E-state index in [0.29, 0.717) is 18.1 Å². The predicted octanol–water partition coefficient (Wildman–Crippen LogP) is 3.94. The number of hydrogen-bond donors (Lipinski definition) is 3. The third-order valence-corrected chi connectivity index (χ3v) is 7.16. The molecule has 4 rings (SSSR count). The van der Waals surface area contributed by atoms with Gasteiger partial charge in [0, 0.05) is 37.8 Å². The van der Waals surface area contributed by atoms with Crippen LogP contribution in [-0.4, -0.2) is 47.3 Å². The molecular formula is C23H38N6S. The molecule has 0 bridgehead atoms. The van der Waals surface area contributed by atoms with Crippen LogP contribution in [0.15, 0.2) is 0 Å². The van der Waals surface area contributed by atoms with Gasteiger partial charge in [-0.2, -0.15) is 4.98 Å². The predicted molar refractivity (Wildman–Crippen MR) is 128 cm³/mol. The molecule has 3 aliphatic carbocycles. The van der Waals surface area contributed by atoms with Crippen molar-refractivity contribution in [1.82, 2.24) is 20.6 Å². The number of hydrogen-bond acceptors (Lipinski definition) is 5. The van der Waals surface area contributed by atoms with Crippen molar-refractivity contribution in [2.45, 2.75) is 102 Å². The summed E-state index contributed by atoms with van der Waals surface area (Å²) in [7, 11) is 4.17. The summed E-state index contributed by atoms with van der Waals surface area (Å²) >= 11 is 5.58. The van der Waals surface area contributed by atoms with Crippen molar-refractivity contribution in [2.24, 2.45) is 0 Å². The molecule has 0 atom stereocenters. The summed E-state index contributed by atoms with van der Waals surface area (Å²) in [4.78, 5) is 11.9. The molecular weight excluding hydrogens is 392 g/mol. The van der Waals surface area contributed by atoms with E-state index in [2.05, 4.69) is 34.9 Å². The third kappa shape index (κ3) is 5.54. The number of thiocarbonyl (C=S) groups is 1. The Morgan fingerprint density at radius 3 is 2.13 bits per heavy atom. The average molecular weight is 431 g/mol. The van der Waals surface area contributed by atoms with Gasteiger partial charge in [0.25, 0.3) is 0 Å². The van der Waals surface area contributed by atoms with Crippen LogP contribution in [0, 0.1) is 0 Å². The van der Waals surface area contributed by atoms with Gasteiger partial charge in [0.2, 0.25) is 5.95 Å². The third-order valence-electron chi connectivity index (χ3n) is 6.92. The lowest BCUT2D eigenvalue weighted by Gasteiger charge is -2.32. The first-order valence-corrected chi connectivity index (χ1v) is 12.4. The van der Waals surface area contributed by atoms with Crippen molar-refractivity contribution in [3.8, 4) is 0 Å². The molecule has 6 nitrogen and oxygen atoms in total. The Kier molecular flexibility index (Phi) is 7.28. The maximum Gasteiger partial charge on any atom is 0.225 e. The molecule has 30 heavy (non-hydrogen) atoms. The van der Waals surface area contributed by atoms with Crippen molar-refractivity contribution in [3.05, 3.63) is 11.3 Å². The average Bonchev–Trinajstić information content (AvgIpc) is 2.75. The fourth-order valence-corrected chi connectivity index (χ4v) is 5.57. The van der Waals surface area contributed by atoms with Gasteiger partial charge in [-0.3, -0.25) is 0 Å². The van der Waals surface area contributed by atoms with E-state index in [9.17, 15) is 0 Å². The number of aryl methyl sites for hydroxylation is 1. The van der Waals surface area contributed by atoms with E-state index in [1.165, 1.54) is 56.2 Å². The first-order valence-electron chi connectivity index (χ1n) is 12.0. The van der Waals surface area contributed by atoms with Gasteiger partial charge in [-0.25, -0.2) is 4.98 Å². The van der Waals surface area contributed by atoms with Crippen LogP contribution in [0.2, 0.25) is 0 Å². The number of fused-ring (bicyclic) bond motifs is 1. The second kappa shape index (κ2) is 10.1. The van der Waals surface area contributed by atoms with Gasteiger partial charge in [-0.05, 0) is 76.4 Å². The highest BCUT2D eigenvalue weighted by Gasteiger charge is 2.25. The second-order valence-corrected chi connectivity index (χ2v) is 9.95. The summed E-state index contributed by atoms with van der Waals surface area (Å²) in [5.41, 5.74) is 2.60. The van der Waals surface area contributed by atoms with Crippen molar-refractivity contribution >= 4 is 29.1 Å². The molecule has 2 saturated carbocycles. The van der Waals surface area contributed by atoms with Crippen LogP contribution in [0.3, 0.4) is 0 Å². The van der Waals surface area contributed by atoms with E-state index in [0.717, 1.165) is 55.4 Å². The largest absolute Gasteiger partial charge is 0.362 e. The van der Waals surface area contributed by atoms with Crippen molar-refractivity contribution < 1.29 is 0 Å². The quantitative estimate of drug-likeness (QED) is 0.612.